The lowest BCUT2D eigenvalue weighted by molar-refractivity contribution is -0.0352. The Kier molecular flexibility index (Phi) is 3.37. The number of ether oxygens (including phenoxy) is 1. The molecule has 0 atom stereocenters. The highest BCUT2D eigenvalue weighted by Gasteiger charge is 2.28. The summed E-state index contributed by atoms with van der Waals surface area (Å²) in [5.41, 5.74) is 5.56. The first-order chi connectivity index (χ1) is 10.4. The fourth-order valence-corrected chi connectivity index (χ4v) is 3.21. The molecule has 2 aromatic rings. The summed E-state index contributed by atoms with van der Waals surface area (Å²) < 4.78 is 5.98. The zero-order chi connectivity index (χ0) is 14.1. The molecule has 1 N–H and O–H groups in total. The van der Waals surface area contributed by atoms with Crippen LogP contribution in [0.4, 0.5) is 0 Å². The third-order valence-electron chi connectivity index (χ3n) is 4.33. The van der Waals surface area contributed by atoms with Gasteiger partial charge in [0.15, 0.2) is 0 Å². The monoisotopic (exact) mass is 281 g/mol. The van der Waals surface area contributed by atoms with Crippen LogP contribution in [0.1, 0.15) is 42.9 Å². The van der Waals surface area contributed by atoms with Gasteiger partial charge >= 0.3 is 0 Å². The van der Waals surface area contributed by atoms with Crippen molar-refractivity contribution in [2.24, 2.45) is 0 Å². The summed E-state index contributed by atoms with van der Waals surface area (Å²) in [6, 6.07) is 16.3. The third kappa shape index (κ3) is 2.43. The van der Waals surface area contributed by atoms with Gasteiger partial charge in [-0.3, -0.25) is 4.84 Å². The summed E-state index contributed by atoms with van der Waals surface area (Å²) in [6.45, 7) is 0. The molecule has 0 radical (unpaired) electrons. The summed E-state index contributed by atoms with van der Waals surface area (Å²) in [6.07, 6.45) is 5.19. The summed E-state index contributed by atoms with van der Waals surface area (Å²) >= 11 is 0. The maximum atomic E-state index is 5.98. The van der Waals surface area contributed by atoms with Crippen molar-refractivity contribution in [3.05, 3.63) is 59.7 Å². The van der Waals surface area contributed by atoms with Gasteiger partial charge in [0, 0.05) is 11.1 Å². The Morgan fingerprint density at radius 1 is 0.857 bits per heavy atom. The van der Waals surface area contributed by atoms with E-state index in [1.165, 1.54) is 12.8 Å². The van der Waals surface area contributed by atoms with Crippen LogP contribution in [0.3, 0.4) is 0 Å². The van der Waals surface area contributed by atoms with Crippen molar-refractivity contribution >= 4 is 0 Å². The lowest BCUT2D eigenvalue weighted by atomic mass is 9.95. The van der Waals surface area contributed by atoms with Gasteiger partial charge in [0.2, 0.25) is 0 Å². The molecule has 1 saturated carbocycles. The second-order valence-corrected chi connectivity index (χ2v) is 5.75. The fraction of sp³-hybridized carbons (Fsp3) is 0.333. The van der Waals surface area contributed by atoms with Crippen molar-refractivity contribution in [2.75, 3.05) is 0 Å². The van der Waals surface area contributed by atoms with E-state index in [4.69, 9.17) is 9.57 Å². The second-order valence-electron chi connectivity index (χ2n) is 5.75. The van der Waals surface area contributed by atoms with Crippen LogP contribution in [0.15, 0.2) is 48.5 Å². The van der Waals surface area contributed by atoms with Crippen LogP contribution in [-0.2, 0) is 4.84 Å². The van der Waals surface area contributed by atoms with Crippen molar-refractivity contribution in [1.29, 1.82) is 0 Å². The molecule has 1 fully saturated rings. The van der Waals surface area contributed by atoms with Crippen LogP contribution in [0, 0.1) is 0 Å². The largest absolute Gasteiger partial charge is 0.457 e. The van der Waals surface area contributed by atoms with E-state index in [1.807, 2.05) is 36.4 Å². The maximum absolute atomic E-state index is 5.98. The number of rotatable bonds is 3. The molecule has 0 spiro atoms. The molecule has 1 heterocycles. The summed E-state index contributed by atoms with van der Waals surface area (Å²) in [4.78, 5) is 5.95. The van der Waals surface area contributed by atoms with Gasteiger partial charge in [-0.2, -0.15) is 5.48 Å². The molecule has 0 amide bonds. The molecule has 1 aliphatic heterocycles. The number of para-hydroxylation sites is 2. The average Bonchev–Trinajstić information content (AvgIpc) is 3.05. The van der Waals surface area contributed by atoms with Gasteiger partial charge in [-0.05, 0) is 25.0 Å². The Labute approximate surface area is 124 Å². The quantitative estimate of drug-likeness (QED) is 0.849. The second kappa shape index (κ2) is 5.51. The van der Waals surface area contributed by atoms with Crippen molar-refractivity contribution in [2.45, 2.75) is 37.8 Å². The van der Waals surface area contributed by atoms with Crippen molar-refractivity contribution in [3.63, 3.8) is 0 Å². The van der Waals surface area contributed by atoms with Crippen LogP contribution in [0.2, 0.25) is 0 Å². The normalized spacial score (nSPS) is 18.1. The van der Waals surface area contributed by atoms with E-state index in [0.717, 1.165) is 35.5 Å². The van der Waals surface area contributed by atoms with Gasteiger partial charge in [-0.25, -0.2) is 0 Å². The molecule has 0 aromatic heterocycles. The standard InChI is InChI=1S/C18H19NO2/c1-2-8-13(7-1)21-19-18-14-9-3-5-11-16(14)20-17-12-6-4-10-15(17)18/h3-6,9-13,18-19H,1-2,7-8H2. The molecular weight excluding hydrogens is 262 g/mol. The summed E-state index contributed by atoms with van der Waals surface area (Å²) in [5.74, 6) is 1.81. The lowest BCUT2D eigenvalue weighted by Crippen LogP contribution is -2.29. The number of hydrogen-bond donors (Lipinski definition) is 1. The van der Waals surface area contributed by atoms with E-state index in [1.54, 1.807) is 0 Å². The molecule has 3 heteroatoms. The first-order valence-electron chi connectivity index (χ1n) is 7.69. The van der Waals surface area contributed by atoms with E-state index in [9.17, 15) is 0 Å². The summed E-state index contributed by atoms with van der Waals surface area (Å²) in [5, 5.41) is 0. The Bertz CT molecular complexity index is 589. The van der Waals surface area contributed by atoms with Crippen molar-refractivity contribution in [3.8, 4) is 11.5 Å². The minimum Gasteiger partial charge on any atom is -0.457 e. The number of nitrogens with one attached hydrogen (secondary N) is 1. The minimum absolute atomic E-state index is 0.0340. The van der Waals surface area contributed by atoms with Gasteiger partial charge in [0.1, 0.15) is 11.5 Å². The van der Waals surface area contributed by atoms with Crippen molar-refractivity contribution in [1.82, 2.24) is 5.48 Å². The molecule has 1 aliphatic carbocycles. The molecule has 2 aromatic carbocycles. The first kappa shape index (κ1) is 12.9. The molecular formula is C18H19NO2. The molecule has 2 aliphatic rings. The highest BCUT2D eigenvalue weighted by molar-refractivity contribution is 5.52. The Balaban J connectivity index is 1.64. The molecule has 3 nitrogen and oxygen atoms in total. The van der Waals surface area contributed by atoms with E-state index < -0.39 is 0 Å². The maximum Gasteiger partial charge on any atom is 0.132 e. The van der Waals surface area contributed by atoms with E-state index in [0.29, 0.717) is 6.10 Å². The van der Waals surface area contributed by atoms with Gasteiger partial charge in [-0.15, -0.1) is 0 Å². The Hall–Kier alpha value is -1.84. The molecule has 0 unspecified atom stereocenters. The number of hydrogen-bond acceptors (Lipinski definition) is 3. The zero-order valence-electron chi connectivity index (χ0n) is 11.9. The van der Waals surface area contributed by atoms with E-state index >= 15 is 0 Å². The zero-order valence-corrected chi connectivity index (χ0v) is 11.9. The predicted molar refractivity (Wildman–Crippen MR) is 81.3 cm³/mol. The third-order valence-corrected chi connectivity index (χ3v) is 4.33. The molecule has 0 saturated heterocycles. The van der Waals surface area contributed by atoms with Gasteiger partial charge in [0.25, 0.3) is 0 Å². The minimum atomic E-state index is 0.0340. The highest BCUT2D eigenvalue weighted by Crippen LogP contribution is 2.42. The van der Waals surface area contributed by atoms with Gasteiger partial charge < -0.3 is 4.74 Å². The van der Waals surface area contributed by atoms with Crippen LogP contribution in [0.5, 0.6) is 11.5 Å². The summed E-state index contributed by atoms with van der Waals surface area (Å²) in [7, 11) is 0. The number of benzene rings is 2. The molecule has 0 bridgehead atoms. The average molecular weight is 281 g/mol. The van der Waals surface area contributed by atoms with E-state index in [-0.39, 0.29) is 6.04 Å². The van der Waals surface area contributed by atoms with Crippen LogP contribution in [-0.4, -0.2) is 6.10 Å². The number of fused-ring (bicyclic) bond motifs is 2. The first-order valence-corrected chi connectivity index (χ1v) is 7.69. The van der Waals surface area contributed by atoms with E-state index in [2.05, 4.69) is 17.6 Å². The Morgan fingerprint density at radius 2 is 1.43 bits per heavy atom. The Morgan fingerprint density at radius 3 is 2.05 bits per heavy atom. The molecule has 4 rings (SSSR count). The predicted octanol–water partition coefficient (Wildman–Crippen LogP) is 4.35. The SMILES string of the molecule is c1ccc2c(c1)Oc1ccccc1C2NOC1CCCC1. The van der Waals surface area contributed by atoms with Gasteiger partial charge in [-0.1, -0.05) is 49.2 Å². The van der Waals surface area contributed by atoms with Crippen LogP contribution < -0.4 is 10.2 Å². The molecule has 21 heavy (non-hydrogen) atoms. The van der Waals surface area contributed by atoms with Crippen molar-refractivity contribution < 1.29 is 9.57 Å². The topological polar surface area (TPSA) is 30.5 Å². The number of hydroxylamine groups is 1. The molecule has 108 valence electrons. The lowest BCUT2D eigenvalue weighted by Gasteiger charge is -2.29. The van der Waals surface area contributed by atoms with Crippen LogP contribution in [0.25, 0.3) is 0 Å². The smallest absolute Gasteiger partial charge is 0.132 e. The highest BCUT2D eigenvalue weighted by atomic mass is 16.7. The van der Waals surface area contributed by atoms with Crippen LogP contribution >= 0.6 is 0 Å². The van der Waals surface area contributed by atoms with Gasteiger partial charge in [0.05, 0.1) is 12.1 Å². The fourth-order valence-electron chi connectivity index (χ4n) is 3.21.